The number of piperazine rings is 1. The summed E-state index contributed by atoms with van der Waals surface area (Å²) in [7, 11) is 0. The Kier molecular flexibility index (Phi) is 4.58. The van der Waals surface area contributed by atoms with E-state index in [1.54, 1.807) is 31.2 Å². The number of hydrogen-bond donors (Lipinski definition) is 1. The predicted molar refractivity (Wildman–Crippen MR) is 96.1 cm³/mol. The van der Waals surface area contributed by atoms with E-state index in [4.69, 9.17) is 0 Å². The topological polar surface area (TPSA) is 69.8 Å². The molecule has 0 radical (unpaired) electrons. The molecule has 1 N–H and O–H groups in total. The predicted octanol–water partition coefficient (Wildman–Crippen LogP) is 2.48. The number of aryl methyl sites for hydroxylation is 1. The molecule has 1 saturated heterocycles. The van der Waals surface area contributed by atoms with Crippen molar-refractivity contribution in [3.63, 3.8) is 0 Å². The van der Waals surface area contributed by atoms with Crippen molar-refractivity contribution in [1.82, 2.24) is 24.5 Å². The third-order valence-corrected chi connectivity index (χ3v) is 4.69. The van der Waals surface area contributed by atoms with Gasteiger partial charge >= 0.3 is 6.18 Å². The van der Waals surface area contributed by atoms with Gasteiger partial charge in [0.1, 0.15) is 11.6 Å². The number of phenols is 1. The van der Waals surface area contributed by atoms with E-state index < -0.39 is 12.0 Å². The van der Waals surface area contributed by atoms with Crippen LogP contribution >= 0.6 is 0 Å². The van der Waals surface area contributed by atoms with Crippen molar-refractivity contribution >= 4 is 11.6 Å². The number of anilines is 1. The zero-order chi connectivity index (χ0) is 19.9. The summed E-state index contributed by atoms with van der Waals surface area (Å²) in [5.74, 6) is -0.446. The molecule has 0 amide bonds. The number of phenolic OH excluding ortho intramolecular Hbond substituents is 1. The van der Waals surface area contributed by atoms with Crippen LogP contribution in [-0.2, 0) is 12.7 Å². The van der Waals surface area contributed by atoms with Crippen LogP contribution < -0.4 is 4.90 Å². The number of alkyl halides is 3. The smallest absolute Gasteiger partial charge is 0.453 e. The van der Waals surface area contributed by atoms with Crippen LogP contribution in [0.5, 0.6) is 5.75 Å². The van der Waals surface area contributed by atoms with E-state index in [1.165, 1.54) is 4.52 Å². The zero-order valence-corrected chi connectivity index (χ0v) is 15.2. The Bertz CT molecular complexity index is 995. The normalized spacial score (nSPS) is 16.1. The molecular formula is C18H19F3N6O. The first-order valence-corrected chi connectivity index (χ1v) is 8.86. The van der Waals surface area contributed by atoms with E-state index in [2.05, 4.69) is 20.0 Å². The molecule has 0 unspecified atom stereocenters. The van der Waals surface area contributed by atoms with Crippen LogP contribution in [0.25, 0.3) is 5.78 Å². The lowest BCUT2D eigenvalue weighted by Gasteiger charge is -2.36. The molecular weight excluding hydrogens is 373 g/mol. The molecule has 0 saturated carbocycles. The Hall–Kier alpha value is -2.88. The summed E-state index contributed by atoms with van der Waals surface area (Å²) in [4.78, 5) is 11.8. The third-order valence-electron chi connectivity index (χ3n) is 4.69. The minimum atomic E-state index is -4.61. The molecule has 1 fully saturated rings. The first kappa shape index (κ1) is 18.5. The van der Waals surface area contributed by atoms with Gasteiger partial charge in [0.05, 0.1) is 0 Å². The van der Waals surface area contributed by atoms with Crippen molar-refractivity contribution in [3.8, 4) is 5.75 Å². The second-order valence-electron chi connectivity index (χ2n) is 6.83. The fourth-order valence-electron chi connectivity index (χ4n) is 3.36. The quantitative estimate of drug-likeness (QED) is 0.739. The number of aromatic hydroxyl groups is 1. The van der Waals surface area contributed by atoms with Crippen molar-refractivity contribution in [2.45, 2.75) is 19.6 Å². The molecule has 3 heterocycles. The Morgan fingerprint density at radius 3 is 2.50 bits per heavy atom. The van der Waals surface area contributed by atoms with Crippen LogP contribution in [0.1, 0.15) is 17.1 Å². The summed E-state index contributed by atoms with van der Waals surface area (Å²) in [6.45, 7) is 5.17. The molecule has 1 aliphatic rings. The van der Waals surface area contributed by atoms with Gasteiger partial charge in [-0.1, -0.05) is 12.1 Å². The first-order valence-electron chi connectivity index (χ1n) is 8.86. The summed E-state index contributed by atoms with van der Waals surface area (Å²) >= 11 is 0. The van der Waals surface area contributed by atoms with Gasteiger partial charge in [0, 0.05) is 44.5 Å². The maximum atomic E-state index is 13.0. The molecule has 10 heteroatoms. The van der Waals surface area contributed by atoms with Gasteiger partial charge in [-0.2, -0.15) is 22.7 Å². The Morgan fingerprint density at radius 2 is 1.82 bits per heavy atom. The first-order chi connectivity index (χ1) is 13.3. The maximum absolute atomic E-state index is 13.0. The molecule has 7 nitrogen and oxygen atoms in total. The minimum absolute atomic E-state index is 0.0514. The summed E-state index contributed by atoms with van der Waals surface area (Å²) in [6, 6.07) is 8.85. The highest BCUT2D eigenvalue weighted by Gasteiger charge is 2.37. The van der Waals surface area contributed by atoms with E-state index >= 15 is 0 Å². The average Bonchev–Trinajstić information content (AvgIpc) is 3.06. The highest BCUT2D eigenvalue weighted by molar-refractivity contribution is 5.48. The number of halogens is 3. The van der Waals surface area contributed by atoms with Crippen molar-refractivity contribution in [2.24, 2.45) is 0 Å². The molecule has 148 valence electrons. The Labute approximate surface area is 159 Å². The summed E-state index contributed by atoms with van der Waals surface area (Å²) < 4.78 is 40.1. The Morgan fingerprint density at radius 1 is 1.07 bits per heavy atom. The van der Waals surface area contributed by atoms with Crippen molar-refractivity contribution in [3.05, 3.63) is 47.4 Å². The van der Waals surface area contributed by atoms with Crippen LogP contribution in [-0.4, -0.2) is 55.8 Å². The summed E-state index contributed by atoms with van der Waals surface area (Å²) in [5, 5.41) is 13.2. The zero-order valence-electron chi connectivity index (χ0n) is 15.2. The number of fused-ring (bicyclic) bond motifs is 1. The van der Waals surface area contributed by atoms with Gasteiger partial charge < -0.3 is 10.0 Å². The van der Waals surface area contributed by atoms with Gasteiger partial charge in [-0.25, -0.2) is 4.98 Å². The van der Waals surface area contributed by atoms with Gasteiger partial charge in [-0.15, -0.1) is 5.10 Å². The fourth-order valence-corrected chi connectivity index (χ4v) is 3.36. The highest BCUT2D eigenvalue weighted by atomic mass is 19.4. The molecule has 2 aromatic heterocycles. The largest absolute Gasteiger partial charge is 0.508 e. The number of benzene rings is 1. The van der Waals surface area contributed by atoms with Gasteiger partial charge in [-0.3, -0.25) is 4.90 Å². The van der Waals surface area contributed by atoms with Crippen molar-refractivity contribution < 1.29 is 18.3 Å². The number of aromatic nitrogens is 4. The highest BCUT2D eigenvalue weighted by Crippen LogP contribution is 2.28. The van der Waals surface area contributed by atoms with Crippen LogP contribution in [0.2, 0.25) is 0 Å². The van der Waals surface area contributed by atoms with Crippen LogP contribution in [0.4, 0.5) is 19.0 Å². The SMILES string of the molecule is Cc1cc(N2CCN(Cc3cccc(O)c3)CC2)n2nc(C(F)(F)F)nc2n1. The van der Waals surface area contributed by atoms with E-state index in [-0.39, 0.29) is 11.5 Å². The maximum Gasteiger partial charge on any atom is 0.453 e. The summed E-state index contributed by atoms with van der Waals surface area (Å²) in [6.07, 6.45) is -4.61. The molecule has 0 atom stereocenters. The van der Waals surface area contributed by atoms with E-state index in [0.717, 1.165) is 18.7 Å². The van der Waals surface area contributed by atoms with Crippen LogP contribution in [0.15, 0.2) is 30.3 Å². The van der Waals surface area contributed by atoms with Gasteiger partial charge in [-0.05, 0) is 24.6 Å². The second kappa shape index (κ2) is 6.93. The van der Waals surface area contributed by atoms with Gasteiger partial charge in [0.25, 0.3) is 11.6 Å². The number of rotatable bonds is 3. The van der Waals surface area contributed by atoms with Crippen LogP contribution in [0.3, 0.4) is 0 Å². The second-order valence-corrected chi connectivity index (χ2v) is 6.83. The van der Waals surface area contributed by atoms with Gasteiger partial charge in [0.15, 0.2) is 0 Å². The summed E-state index contributed by atoms with van der Waals surface area (Å²) in [5.41, 5.74) is 1.60. The third kappa shape index (κ3) is 3.72. The lowest BCUT2D eigenvalue weighted by atomic mass is 10.2. The standard InChI is InChI=1S/C18H19F3N6O/c1-12-9-15(27-17(22-12)23-16(24-27)18(19,20)21)26-7-5-25(6-8-26)11-13-3-2-4-14(28)10-13/h2-4,9-10,28H,5-8,11H2,1H3. The molecule has 3 aromatic rings. The Balaban J connectivity index is 1.52. The number of hydrogen-bond acceptors (Lipinski definition) is 6. The monoisotopic (exact) mass is 392 g/mol. The van der Waals surface area contributed by atoms with Crippen molar-refractivity contribution in [2.75, 3.05) is 31.1 Å². The van der Waals surface area contributed by atoms with E-state index in [1.807, 2.05) is 11.0 Å². The number of nitrogens with zero attached hydrogens (tertiary/aromatic N) is 6. The molecule has 1 aromatic carbocycles. The molecule has 0 aliphatic carbocycles. The van der Waals surface area contributed by atoms with Gasteiger partial charge in [0.2, 0.25) is 0 Å². The van der Waals surface area contributed by atoms with Crippen LogP contribution in [0, 0.1) is 6.92 Å². The minimum Gasteiger partial charge on any atom is -0.508 e. The lowest BCUT2D eigenvalue weighted by Crippen LogP contribution is -2.46. The average molecular weight is 392 g/mol. The van der Waals surface area contributed by atoms with E-state index in [0.29, 0.717) is 31.1 Å². The molecule has 4 rings (SSSR count). The molecule has 0 bridgehead atoms. The lowest BCUT2D eigenvalue weighted by molar-refractivity contribution is -0.144. The van der Waals surface area contributed by atoms with E-state index in [9.17, 15) is 18.3 Å². The van der Waals surface area contributed by atoms with Crippen molar-refractivity contribution in [1.29, 1.82) is 0 Å². The molecule has 0 spiro atoms. The fraction of sp³-hybridized carbons (Fsp3) is 0.389. The molecule has 1 aliphatic heterocycles. The molecule has 28 heavy (non-hydrogen) atoms.